The van der Waals surface area contributed by atoms with Crippen LogP contribution in [0, 0.1) is 12.8 Å². The Bertz CT molecular complexity index is 425. The average molecular weight is 251 g/mol. The van der Waals surface area contributed by atoms with Crippen LogP contribution in [0.2, 0.25) is 0 Å². The number of hydrogen-bond donors (Lipinski definition) is 2. The Hall–Kier alpha value is -1.29. The van der Waals surface area contributed by atoms with Crippen molar-refractivity contribution in [1.29, 1.82) is 0 Å². The maximum atomic E-state index is 10.9. The molecule has 0 amide bonds. The molecule has 0 aromatic carbocycles. The predicted octanol–water partition coefficient (Wildman–Crippen LogP) is 2.95. The van der Waals surface area contributed by atoms with Gasteiger partial charge in [0.2, 0.25) is 0 Å². The molecular weight excluding hydrogens is 230 g/mol. The highest BCUT2D eigenvalue weighted by Gasteiger charge is 2.19. The van der Waals surface area contributed by atoms with Gasteiger partial charge in [0.25, 0.3) is 0 Å². The standard InChI is InChI=1S/C14H21NO3/c1-9-4-3-5-11(6-9)15-8-12-7-13(14(16)17)10(2)18-12/h7,9,11,15H,3-6,8H2,1-2H3,(H,16,17). The van der Waals surface area contributed by atoms with Crippen molar-refractivity contribution in [2.24, 2.45) is 5.92 Å². The lowest BCUT2D eigenvalue weighted by Crippen LogP contribution is -2.32. The normalized spacial score (nSPS) is 24.1. The van der Waals surface area contributed by atoms with Crippen molar-refractivity contribution < 1.29 is 14.3 Å². The van der Waals surface area contributed by atoms with Crippen LogP contribution < -0.4 is 5.32 Å². The fraction of sp³-hybridized carbons (Fsp3) is 0.643. The summed E-state index contributed by atoms with van der Waals surface area (Å²) in [6.45, 7) is 4.59. The van der Waals surface area contributed by atoms with Gasteiger partial charge in [0.1, 0.15) is 17.1 Å². The molecule has 2 unspecified atom stereocenters. The zero-order valence-corrected chi connectivity index (χ0v) is 11.0. The molecule has 4 heteroatoms. The highest BCUT2D eigenvalue weighted by Crippen LogP contribution is 2.24. The second-order valence-electron chi connectivity index (χ2n) is 5.34. The number of nitrogens with one attached hydrogen (secondary N) is 1. The van der Waals surface area contributed by atoms with Gasteiger partial charge in [0, 0.05) is 6.04 Å². The molecule has 1 saturated carbocycles. The number of aryl methyl sites for hydroxylation is 1. The van der Waals surface area contributed by atoms with E-state index in [0.717, 1.165) is 5.92 Å². The van der Waals surface area contributed by atoms with Gasteiger partial charge >= 0.3 is 5.97 Å². The summed E-state index contributed by atoms with van der Waals surface area (Å²) in [6, 6.07) is 2.16. The van der Waals surface area contributed by atoms with Crippen molar-refractivity contribution in [3.05, 3.63) is 23.2 Å². The van der Waals surface area contributed by atoms with Gasteiger partial charge in [-0.05, 0) is 31.7 Å². The fourth-order valence-corrected chi connectivity index (χ4v) is 2.71. The molecule has 0 radical (unpaired) electrons. The van der Waals surface area contributed by atoms with Crippen molar-refractivity contribution in [3.63, 3.8) is 0 Å². The molecule has 2 rings (SSSR count). The van der Waals surface area contributed by atoms with Crippen LogP contribution in [0.3, 0.4) is 0 Å². The Morgan fingerprint density at radius 2 is 2.33 bits per heavy atom. The molecule has 4 nitrogen and oxygen atoms in total. The lowest BCUT2D eigenvalue weighted by atomic mass is 9.87. The van der Waals surface area contributed by atoms with Crippen LogP contribution in [0.15, 0.2) is 10.5 Å². The van der Waals surface area contributed by atoms with E-state index in [4.69, 9.17) is 9.52 Å². The number of hydrogen-bond acceptors (Lipinski definition) is 3. The molecule has 1 aromatic heterocycles. The minimum Gasteiger partial charge on any atom is -0.478 e. The zero-order chi connectivity index (χ0) is 13.1. The van der Waals surface area contributed by atoms with E-state index in [1.165, 1.54) is 25.7 Å². The van der Waals surface area contributed by atoms with Crippen LogP contribution >= 0.6 is 0 Å². The smallest absolute Gasteiger partial charge is 0.339 e. The average Bonchev–Trinajstić information content (AvgIpc) is 2.68. The molecule has 1 aliphatic carbocycles. The second-order valence-corrected chi connectivity index (χ2v) is 5.34. The highest BCUT2D eigenvalue weighted by molar-refractivity contribution is 5.88. The lowest BCUT2D eigenvalue weighted by molar-refractivity contribution is 0.0695. The number of carboxylic acids is 1. The molecule has 1 fully saturated rings. The first-order valence-electron chi connectivity index (χ1n) is 6.62. The van der Waals surface area contributed by atoms with E-state index in [0.29, 0.717) is 24.1 Å². The molecule has 0 bridgehead atoms. The number of furan rings is 1. The Morgan fingerprint density at radius 1 is 1.56 bits per heavy atom. The maximum absolute atomic E-state index is 10.9. The number of aromatic carboxylic acids is 1. The summed E-state index contributed by atoms with van der Waals surface area (Å²) in [4.78, 5) is 10.9. The molecule has 0 spiro atoms. The predicted molar refractivity (Wildman–Crippen MR) is 68.7 cm³/mol. The molecule has 2 atom stereocenters. The molecule has 0 aliphatic heterocycles. The Balaban J connectivity index is 1.90. The van der Waals surface area contributed by atoms with E-state index in [-0.39, 0.29) is 5.56 Å². The van der Waals surface area contributed by atoms with Crippen molar-refractivity contribution in [1.82, 2.24) is 5.32 Å². The number of carbonyl (C=O) groups is 1. The Morgan fingerprint density at radius 3 is 2.94 bits per heavy atom. The van der Waals surface area contributed by atoms with Crippen LogP contribution in [0.5, 0.6) is 0 Å². The van der Waals surface area contributed by atoms with Crippen molar-refractivity contribution in [2.75, 3.05) is 0 Å². The fourth-order valence-electron chi connectivity index (χ4n) is 2.71. The van der Waals surface area contributed by atoms with E-state index in [2.05, 4.69) is 12.2 Å². The van der Waals surface area contributed by atoms with E-state index >= 15 is 0 Å². The van der Waals surface area contributed by atoms with Gasteiger partial charge in [-0.3, -0.25) is 0 Å². The topological polar surface area (TPSA) is 62.5 Å². The lowest BCUT2D eigenvalue weighted by Gasteiger charge is -2.27. The van der Waals surface area contributed by atoms with Crippen molar-refractivity contribution in [3.8, 4) is 0 Å². The second kappa shape index (κ2) is 5.57. The van der Waals surface area contributed by atoms with Crippen LogP contribution in [-0.2, 0) is 6.54 Å². The molecule has 100 valence electrons. The summed E-state index contributed by atoms with van der Waals surface area (Å²) < 4.78 is 5.45. The molecule has 0 saturated heterocycles. The van der Waals surface area contributed by atoms with Gasteiger partial charge in [-0.15, -0.1) is 0 Å². The highest BCUT2D eigenvalue weighted by atomic mass is 16.4. The SMILES string of the molecule is Cc1oc(CNC2CCCC(C)C2)cc1C(=O)O. The van der Waals surface area contributed by atoms with Crippen molar-refractivity contribution in [2.45, 2.75) is 52.1 Å². The summed E-state index contributed by atoms with van der Waals surface area (Å²) in [6.07, 6.45) is 5.00. The Kier molecular flexibility index (Phi) is 4.07. The first-order chi connectivity index (χ1) is 8.56. The summed E-state index contributed by atoms with van der Waals surface area (Å²) in [5, 5.41) is 12.4. The van der Waals surface area contributed by atoms with Gasteiger partial charge < -0.3 is 14.8 Å². The largest absolute Gasteiger partial charge is 0.478 e. The monoisotopic (exact) mass is 251 g/mol. The van der Waals surface area contributed by atoms with E-state index < -0.39 is 5.97 Å². The van der Waals surface area contributed by atoms with Gasteiger partial charge in [0.15, 0.2) is 0 Å². The molecule has 2 N–H and O–H groups in total. The van der Waals surface area contributed by atoms with Gasteiger partial charge in [-0.1, -0.05) is 19.8 Å². The molecular formula is C14H21NO3. The third kappa shape index (κ3) is 3.13. The quantitative estimate of drug-likeness (QED) is 0.863. The van der Waals surface area contributed by atoms with Gasteiger partial charge in [0.05, 0.1) is 6.54 Å². The van der Waals surface area contributed by atoms with Gasteiger partial charge in [-0.2, -0.15) is 0 Å². The maximum Gasteiger partial charge on any atom is 0.339 e. The first-order valence-corrected chi connectivity index (χ1v) is 6.62. The minimum atomic E-state index is -0.922. The summed E-state index contributed by atoms with van der Waals surface area (Å²) >= 11 is 0. The van der Waals surface area contributed by atoms with Gasteiger partial charge in [-0.25, -0.2) is 4.79 Å². The number of carboxylic acid groups (broad SMARTS) is 1. The number of rotatable bonds is 4. The van der Waals surface area contributed by atoms with Crippen LogP contribution in [0.4, 0.5) is 0 Å². The third-order valence-corrected chi connectivity index (χ3v) is 3.70. The third-order valence-electron chi connectivity index (χ3n) is 3.70. The Labute approximate surface area is 107 Å². The molecule has 1 heterocycles. The van der Waals surface area contributed by atoms with Crippen LogP contribution in [0.1, 0.15) is 54.5 Å². The summed E-state index contributed by atoms with van der Waals surface area (Å²) in [5.74, 6) is 1.05. The zero-order valence-electron chi connectivity index (χ0n) is 11.0. The minimum absolute atomic E-state index is 0.267. The van der Waals surface area contributed by atoms with Crippen LogP contribution in [-0.4, -0.2) is 17.1 Å². The van der Waals surface area contributed by atoms with Crippen LogP contribution in [0.25, 0.3) is 0 Å². The van der Waals surface area contributed by atoms with Crippen molar-refractivity contribution >= 4 is 5.97 Å². The van der Waals surface area contributed by atoms with E-state index in [9.17, 15) is 4.79 Å². The molecule has 18 heavy (non-hydrogen) atoms. The first kappa shape index (κ1) is 13.1. The molecule has 1 aromatic rings. The summed E-state index contributed by atoms with van der Waals surface area (Å²) in [7, 11) is 0. The van der Waals surface area contributed by atoms with E-state index in [1.54, 1.807) is 13.0 Å². The van der Waals surface area contributed by atoms with E-state index in [1.807, 2.05) is 0 Å². The molecule has 1 aliphatic rings. The summed E-state index contributed by atoms with van der Waals surface area (Å²) in [5.41, 5.74) is 0.267.